The molecule has 6 heteroatoms. The summed E-state index contributed by atoms with van der Waals surface area (Å²) in [4.78, 5) is 2.48. The smallest absolute Gasteiger partial charge is 0.105 e. The van der Waals surface area contributed by atoms with Gasteiger partial charge < -0.3 is 4.74 Å². The molecule has 2 aromatic rings. The molecule has 0 unspecified atom stereocenters. The fraction of sp³-hybridized carbons (Fsp3) is 0.467. The minimum absolute atomic E-state index is 0.887. The van der Waals surface area contributed by atoms with Crippen LogP contribution in [0.4, 0.5) is 0 Å². The van der Waals surface area contributed by atoms with E-state index in [-0.39, 0.29) is 0 Å². The van der Waals surface area contributed by atoms with Crippen molar-refractivity contribution < 1.29 is 4.74 Å². The van der Waals surface area contributed by atoms with Crippen molar-refractivity contribution in [2.45, 2.75) is 5.75 Å². The number of nitrogens with zero attached hydrogens (tertiary/aromatic N) is 3. The summed E-state index contributed by atoms with van der Waals surface area (Å²) in [5, 5.41) is 6.07. The molecule has 0 spiro atoms. The quantitative estimate of drug-likeness (QED) is 0.765. The Morgan fingerprint density at radius 1 is 1.19 bits per heavy atom. The maximum atomic E-state index is 5.36. The molecular weight excluding hydrogens is 302 g/mol. The Hall–Kier alpha value is -0.950. The average Bonchev–Trinajstić information content (AvgIpc) is 3.08. The average molecular weight is 321 g/mol. The predicted octanol–water partition coefficient (Wildman–Crippen LogP) is 2.77. The number of morpholine rings is 1. The van der Waals surface area contributed by atoms with Crippen LogP contribution in [0.1, 0.15) is 5.56 Å². The summed E-state index contributed by atoms with van der Waals surface area (Å²) < 4.78 is 9.26. The van der Waals surface area contributed by atoms with Crippen molar-refractivity contribution in [3.8, 4) is 11.3 Å². The molecule has 0 radical (unpaired) electrons. The maximum absolute atomic E-state index is 5.36. The zero-order valence-electron chi connectivity index (χ0n) is 11.9. The van der Waals surface area contributed by atoms with E-state index in [1.807, 2.05) is 17.1 Å². The van der Waals surface area contributed by atoms with E-state index in [4.69, 9.17) is 4.74 Å². The number of thioether (sulfide) groups is 1. The van der Waals surface area contributed by atoms with Gasteiger partial charge in [0.25, 0.3) is 0 Å². The molecule has 21 heavy (non-hydrogen) atoms. The molecule has 2 heterocycles. The van der Waals surface area contributed by atoms with Crippen LogP contribution >= 0.6 is 23.3 Å². The minimum Gasteiger partial charge on any atom is -0.379 e. The Balaban J connectivity index is 1.41. The van der Waals surface area contributed by atoms with Gasteiger partial charge in [-0.2, -0.15) is 11.8 Å². The van der Waals surface area contributed by atoms with Crippen molar-refractivity contribution >= 4 is 23.3 Å². The third kappa shape index (κ3) is 4.51. The third-order valence-corrected chi connectivity index (χ3v) is 5.05. The lowest BCUT2D eigenvalue weighted by Crippen LogP contribution is -2.37. The van der Waals surface area contributed by atoms with Gasteiger partial charge in [-0.3, -0.25) is 4.90 Å². The van der Waals surface area contributed by atoms with Gasteiger partial charge in [0.15, 0.2) is 0 Å². The molecule has 4 nitrogen and oxygen atoms in total. The molecule has 1 aromatic heterocycles. The second-order valence-electron chi connectivity index (χ2n) is 4.99. The summed E-state index contributed by atoms with van der Waals surface area (Å²) in [6.07, 6.45) is 0. The van der Waals surface area contributed by atoms with Crippen molar-refractivity contribution in [3.05, 3.63) is 35.2 Å². The van der Waals surface area contributed by atoms with Crippen LogP contribution in [-0.2, 0) is 10.5 Å². The van der Waals surface area contributed by atoms with Gasteiger partial charge in [-0.15, -0.1) is 5.10 Å². The molecule has 1 aliphatic rings. The number of benzene rings is 1. The van der Waals surface area contributed by atoms with Crippen LogP contribution in [0.3, 0.4) is 0 Å². The lowest BCUT2D eigenvalue weighted by molar-refractivity contribution is 0.0410. The highest BCUT2D eigenvalue weighted by atomic mass is 32.2. The van der Waals surface area contributed by atoms with Gasteiger partial charge in [-0.05, 0) is 17.1 Å². The summed E-state index contributed by atoms with van der Waals surface area (Å²) in [7, 11) is 0. The minimum atomic E-state index is 0.887. The van der Waals surface area contributed by atoms with E-state index in [2.05, 4.69) is 38.8 Å². The normalized spacial score (nSPS) is 16.2. The zero-order valence-corrected chi connectivity index (χ0v) is 13.5. The van der Waals surface area contributed by atoms with Crippen molar-refractivity contribution in [1.82, 2.24) is 14.5 Å². The molecule has 0 amide bonds. The first kappa shape index (κ1) is 15.0. The summed E-state index contributed by atoms with van der Waals surface area (Å²) in [5.74, 6) is 2.25. The van der Waals surface area contributed by atoms with Gasteiger partial charge in [0, 0.05) is 42.1 Å². The van der Waals surface area contributed by atoms with Crippen LogP contribution < -0.4 is 0 Å². The predicted molar refractivity (Wildman–Crippen MR) is 88.8 cm³/mol. The summed E-state index contributed by atoms with van der Waals surface area (Å²) in [6.45, 7) is 5.10. The SMILES string of the molecule is c1cc(-c2csnn2)ccc1CSCCN1CCOCC1. The standard InChI is InChI=1S/C15H19N3OS2/c1-3-14(15-12-21-17-16-15)4-2-13(1)11-20-10-7-18-5-8-19-9-6-18/h1-4,12H,5-11H2. The molecule has 0 bridgehead atoms. The lowest BCUT2D eigenvalue weighted by Gasteiger charge is -2.26. The Labute approximate surface area is 133 Å². The van der Waals surface area contributed by atoms with Gasteiger partial charge in [-0.25, -0.2) is 0 Å². The first-order chi connectivity index (χ1) is 10.4. The molecule has 0 atom stereocenters. The highest BCUT2D eigenvalue weighted by Crippen LogP contribution is 2.20. The van der Waals surface area contributed by atoms with Gasteiger partial charge in [-0.1, -0.05) is 28.8 Å². The van der Waals surface area contributed by atoms with Gasteiger partial charge in [0.2, 0.25) is 0 Å². The van der Waals surface area contributed by atoms with E-state index in [0.717, 1.165) is 49.9 Å². The highest BCUT2D eigenvalue weighted by Gasteiger charge is 2.09. The first-order valence-corrected chi connectivity index (χ1v) is 9.15. The number of rotatable bonds is 6. The molecule has 1 saturated heterocycles. The first-order valence-electron chi connectivity index (χ1n) is 7.16. The highest BCUT2D eigenvalue weighted by molar-refractivity contribution is 7.98. The molecule has 1 fully saturated rings. The van der Waals surface area contributed by atoms with Crippen LogP contribution in [0.5, 0.6) is 0 Å². The van der Waals surface area contributed by atoms with Gasteiger partial charge >= 0.3 is 0 Å². The molecule has 1 aliphatic heterocycles. The van der Waals surface area contributed by atoms with E-state index in [9.17, 15) is 0 Å². The summed E-state index contributed by atoms with van der Waals surface area (Å²) in [6, 6.07) is 8.65. The summed E-state index contributed by atoms with van der Waals surface area (Å²) in [5.41, 5.74) is 3.48. The third-order valence-electron chi connectivity index (χ3n) is 3.53. The Kier molecular flexibility index (Phi) is 5.62. The fourth-order valence-corrected chi connectivity index (χ4v) is 3.70. The fourth-order valence-electron chi connectivity index (χ4n) is 2.27. The van der Waals surface area contributed by atoms with Crippen molar-refractivity contribution in [1.29, 1.82) is 0 Å². The van der Waals surface area contributed by atoms with Gasteiger partial charge in [0.05, 0.1) is 13.2 Å². The number of hydrogen-bond acceptors (Lipinski definition) is 6. The molecule has 0 N–H and O–H groups in total. The largest absolute Gasteiger partial charge is 0.379 e. The second kappa shape index (κ2) is 7.89. The monoisotopic (exact) mass is 321 g/mol. The van der Waals surface area contributed by atoms with E-state index < -0.39 is 0 Å². The summed E-state index contributed by atoms with van der Waals surface area (Å²) >= 11 is 3.39. The molecule has 0 aliphatic carbocycles. The second-order valence-corrected chi connectivity index (χ2v) is 6.71. The Morgan fingerprint density at radius 2 is 2.00 bits per heavy atom. The molecule has 0 saturated carbocycles. The van der Waals surface area contributed by atoms with Crippen molar-refractivity contribution in [2.24, 2.45) is 0 Å². The molecule has 1 aromatic carbocycles. The number of ether oxygens (including phenoxy) is 1. The molecule has 3 rings (SSSR count). The maximum Gasteiger partial charge on any atom is 0.105 e. The van der Waals surface area contributed by atoms with E-state index in [1.54, 1.807) is 0 Å². The Bertz CT molecular complexity index is 524. The van der Waals surface area contributed by atoms with Crippen LogP contribution in [0.15, 0.2) is 29.6 Å². The zero-order chi connectivity index (χ0) is 14.3. The van der Waals surface area contributed by atoms with E-state index in [0.29, 0.717) is 0 Å². The lowest BCUT2D eigenvalue weighted by atomic mass is 10.1. The van der Waals surface area contributed by atoms with Crippen LogP contribution in [0.25, 0.3) is 11.3 Å². The van der Waals surface area contributed by atoms with E-state index >= 15 is 0 Å². The van der Waals surface area contributed by atoms with Crippen molar-refractivity contribution in [2.75, 3.05) is 38.6 Å². The molecular formula is C15H19N3OS2. The van der Waals surface area contributed by atoms with Crippen LogP contribution in [0.2, 0.25) is 0 Å². The van der Waals surface area contributed by atoms with Crippen LogP contribution in [-0.4, -0.2) is 53.1 Å². The number of aromatic nitrogens is 2. The van der Waals surface area contributed by atoms with Crippen molar-refractivity contribution in [3.63, 3.8) is 0 Å². The topological polar surface area (TPSA) is 38.2 Å². The number of hydrogen-bond donors (Lipinski definition) is 0. The van der Waals surface area contributed by atoms with Crippen LogP contribution in [0, 0.1) is 0 Å². The van der Waals surface area contributed by atoms with E-state index in [1.165, 1.54) is 22.8 Å². The van der Waals surface area contributed by atoms with Gasteiger partial charge in [0.1, 0.15) is 5.69 Å². The molecule has 112 valence electrons. The Morgan fingerprint density at radius 3 is 2.71 bits per heavy atom.